The van der Waals surface area contributed by atoms with Crippen LogP contribution in [0, 0.1) is 0 Å². The molecule has 0 bridgehead atoms. The maximum atomic E-state index is 11.5. The van der Waals surface area contributed by atoms with Gasteiger partial charge in [0.15, 0.2) is 0 Å². The van der Waals surface area contributed by atoms with Crippen molar-refractivity contribution in [1.29, 1.82) is 0 Å². The van der Waals surface area contributed by atoms with E-state index in [9.17, 15) is 14.7 Å². The van der Waals surface area contributed by atoms with Crippen LogP contribution in [0.1, 0.15) is 33.1 Å². The van der Waals surface area contributed by atoms with Crippen molar-refractivity contribution < 1.29 is 14.7 Å². The van der Waals surface area contributed by atoms with Gasteiger partial charge in [-0.1, -0.05) is 6.92 Å². The summed E-state index contributed by atoms with van der Waals surface area (Å²) in [6, 6.07) is 0. The molecule has 16 heavy (non-hydrogen) atoms. The minimum absolute atomic E-state index is 0.0940. The van der Waals surface area contributed by atoms with Crippen molar-refractivity contribution in [2.45, 2.75) is 38.6 Å². The molecule has 2 N–H and O–H groups in total. The minimum Gasteiger partial charge on any atom is -0.480 e. The second-order valence-electron chi connectivity index (χ2n) is 4.17. The van der Waals surface area contributed by atoms with E-state index in [1.165, 1.54) is 0 Å². The van der Waals surface area contributed by atoms with E-state index in [1.54, 1.807) is 4.90 Å². The number of carbonyl (C=O) groups excluding carboxylic acids is 1. The molecule has 5 nitrogen and oxygen atoms in total. The summed E-state index contributed by atoms with van der Waals surface area (Å²) in [6.45, 7) is 5.18. The highest BCUT2D eigenvalue weighted by Crippen LogP contribution is 2.32. The molecule has 1 aliphatic rings. The minimum atomic E-state index is -0.828. The van der Waals surface area contributed by atoms with Crippen LogP contribution >= 0.6 is 0 Å². The number of aliphatic carboxylic acids is 1. The number of nitrogens with one attached hydrogen (secondary N) is 1. The highest BCUT2D eigenvalue weighted by molar-refractivity contribution is 5.82. The lowest BCUT2D eigenvalue weighted by Crippen LogP contribution is -2.53. The van der Waals surface area contributed by atoms with Gasteiger partial charge in [0.1, 0.15) is 5.54 Å². The Bertz CT molecular complexity index is 280. The van der Waals surface area contributed by atoms with Gasteiger partial charge in [0.2, 0.25) is 5.91 Å². The number of nitrogens with zero attached hydrogens (tertiary/aromatic N) is 1. The SMILES string of the molecule is CCNC(=O)CN1CCCC1(CC)C(=O)O. The summed E-state index contributed by atoms with van der Waals surface area (Å²) in [7, 11) is 0. The molecule has 1 unspecified atom stereocenters. The van der Waals surface area contributed by atoms with Crippen molar-refractivity contribution in [2.75, 3.05) is 19.6 Å². The number of hydrogen-bond donors (Lipinski definition) is 2. The number of carboxylic acid groups (broad SMARTS) is 1. The number of hydrogen-bond acceptors (Lipinski definition) is 3. The molecule has 0 aromatic heterocycles. The molecule has 1 rings (SSSR count). The summed E-state index contributed by atoms with van der Waals surface area (Å²) in [5, 5.41) is 12.0. The van der Waals surface area contributed by atoms with E-state index in [1.807, 2.05) is 13.8 Å². The van der Waals surface area contributed by atoms with Crippen LogP contribution < -0.4 is 5.32 Å². The zero-order chi connectivity index (χ0) is 12.2. The maximum absolute atomic E-state index is 11.5. The van der Waals surface area contributed by atoms with Gasteiger partial charge in [0.25, 0.3) is 0 Å². The molecule has 1 saturated heterocycles. The summed E-state index contributed by atoms with van der Waals surface area (Å²) < 4.78 is 0. The van der Waals surface area contributed by atoms with Gasteiger partial charge in [0.05, 0.1) is 6.54 Å². The quantitative estimate of drug-likeness (QED) is 0.717. The number of likely N-dealkylation sites (tertiary alicyclic amines) is 1. The van der Waals surface area contributed by atoms with Crippen molar-refractivity contribution in [3.8, 4) is 0 Å². The smallest absolute Gasteiger partial charge is 0.324 e. The second kappa shape index (κ2) is 5.30. The summed E-state index contributed by atoms with van der Waals surface area (Å²) in [4.78, 5) is 24.6. The Hall–Kier alpha value is -1.10. The van der Waals surface area contributed by atoms with E-state index in [2.05, 4.69) is 5.32 Å². The first-order valence-corrected chi connectivity index (χ1v) is 5.82. The van der Waals surface area contributed by atoms with Crippen molar-refractivity contribution in [3.05, 3.63) is 0 Å². The van der Waals surface area contributed by atoms with Crippen molar-refractivity contribution in [2.24, 2.45) is 0 Å². The molecule has 1 fully saturated rings. The number of likely N-dealkylation sites (N-methyl/N-ethyl adjacent to an activating group) is 1. The van der Waals surface area contributed by atoms with Crippen LogP contribution in [0.5, 0.6) is 0 Å². The number of carboxylic acids is 1. The molecular weight excluding hydrogens is 208 g/mol. The maximum Gasteiger partial charge on any atom is 0.324 e. The summed E-state index contributed by atoms with van der Waals surface area (Å²) >= 11 is 0. The predicted molar refractivity (Wildman–Crippen MR) is 60.1 cm³/mol. The lowest BCUT2D eigenvalue weighted by molar-refractivity contribution is -0.150. The van der Waals surface area contributed by atoms with Gasteiger partial charge in [-0.05, 0) is 32.7 Å². The fourth-order valence-corrected chi connectivity index (χ4v) is 2.39. The van der Waals surface area contributed by atoms with Crippen LogP contribution in [0.4, 0.5) is 0 Å². The normalized spacial score (nSPS) is 25.6. The van der Waals surface area contributed by atoms with Gasteiger partial charge in [0, 0.05) is 6.54 Å². The third kappa shape index (κ3) is 2.35. The van der Waals surface area contributed by atoms with E-state index < -0.39 is 11.5 Å². The van der Waals surface area contributed by atoms with Crippen molar-refractivity contribution >= 4 is 11.9 Å². The zero-order valence-electron chi connectivity index (χ0n) is 9.95. The Labute approximate surface area is 95.8 Å². The van der Waals surface area contributed by atoms with Gasteiger partial charge >= 0.3 is 5.97 Å². The van der Waals surface area contributed by atoms with Crippen LogP contribution in [0.2, 0.25) is 0 Å². The topological polar surface area (TPSA) is 69.6 Å². The third-order valence-corrected chi connectivity index (χ3v) is 3.32. The molecule has 1 amide bonds. The molecule has 1 atom stereocenters. The molecule has 5 heteroatoms. The van der Waals surface area contributed by atoms with Crippen LogP contribution in [-0.4, -0.2) is 47.1 Å². The standard InChI is InChI=1S/C11H20N2O3/c1-3-11(10(15)16)6-5-7-13(11)8-9(14)12-4-2/h3-8H2,1-2H3,(H,12,14)(H,15,16). The van der Waals surface area contributed by atoms with Crippen LogP contribution in [0.25, 0.3) is 0 Å². The van der Waals surface area contributed by atoms with Crippen molar-refractivity contribution in [3.63, 3.8) is 0 Å². The Morgan fingerprint density at radius 1 is 1.44 bits per heavy atom. The fraction of sp³-hybridized carbons (Fsp3) is 0.818. The van der Waals surface area contributed by atoms with Gasteiger partial charge in [-0.15, -0.1) is 0 Å². The molecule has 1 aliphatic heterocycles. The number of carbonyl (C=O) groups is 2. The molecule has 0 aromatic rings. The first kappa shape index (κ1) is 13.0. The monoisotopic (exact) mass is 228 g/mol. The Kier molecular flexibility index (Phi) is 4.29. The fourth-order valence-electron chi connectivity index (χ4n) is 2.39. The Morgan fingerprint density at radius 3 is 2.62 bits per heavy atom. The van der Waals surface area contributed by atoms with E-state index in [0.29, 0.717) is 25.9 Å². The van der Waals surface area contributed by atoms with Crippen LogP contribution in [0.3, 0.4) is 0 Å². The van der Waals surface area contributed by atoms with Crippen molar-refractivity contribution in [1.82, 2.24) is 10.2 Å². The lowest BCUT2D eigenvalue weighted by atomic mass is 9.93. The molecular formula is C11H20N2O3. The van der Waals surface area contributed by atoms with Gasteiger partial charge < -0.3 is 10.4 Å². The van der Waals surface area contributed by atoms with Crippen LogP contribution in [-0.2, 0) is 9.59 Å². The molecule has 0 spiro atoms. The van der Waals surface area contributed by atoms with Gasteiger partial charge in [-0.3, -0.25) is 14.5 Å². The summed E-state index contributed by atoms with van der Waals surface area (Å²) in [6.07, 6.45) is 2.03. The summed E-state index contributed by atoms with van der Waals surface area (Å²) in [5.74, 6) is -0.903. The molecule has 1 heterocycles. The predicted octanol–water partition coefficient (Wildman–Crippen LogP) is 0.452. The number of rotatable bonds is 5. The lowest BCUT2D eigenvalue weighted by Gasteiger charge is -2.33. The van der Waals surface area contributed by atoms with Gasteiger partial charge in [-0.25, -0.2) is 0 Å². The van der Waals surface area contributed by atoms with E-state index >= 15 is 0 Å². The number of amides is 1. The zero-order valence-corrected chi connectivity index (χ0v) is 9.95. The molecule has 0 aliphatic carbocycles. The first-order valence-electron chi connectivity index (χ1n) is 5.82. The summed E-state index contributed by atoms with van der Waals surface area (Å²) in [5.41, 5.74) is -0.828. The molecule has 0 radical (unpaired) electrons. The van der Waals surface area contributed by atoms with E-state index in [0.717, 1.165) is 6.42 Å². The Morgan fingerprint density at radius 2 is 2.12 bits per heavy atom. The van der Waals surface area contributed by atoms with E-state index in [4.69, 9.17) is 0 Å². The largest absolute Gasteiger partial charge is 0.480 e. The Balaban J connectivity index is 2.71. The average molecular weight is 228 g/mol. The highest BCUT2D eigenvalue weighted by atomic mass is 16.4. The average Bonchev–Trinajstić information content (AvgIpc) is 2.62. The highest BCUT2D eigenvalue weighted by Gasteiger charge is 2.46. The molecule has 0 aromatic carbocycles. The van der Waals surface area contributed by atoms with Gasteiger partial charge in [-0.2, -0.15) is 0 Å². The molecule has 0 saturated carbocycles. The second-order valence-corrected chi connectivity index (χ2v) is 4.17. The van der Waals surface area contributed by atoms with E-state index in [-0.39, 0.29) is 12.5 Å². The van der Waals surface area contributed by atoms with Crippen LogP contribution in [0.15, 0.2) is 0 Å². The third-order valence-electron chi connectivity index (χ3n) is 3.32. The first-order chi connectivity index (χ1) is 7.56. The molecule has 92 valence electrons.